The minimum atomic E-state index is -3.82. The van der Waals surface area contributed by atoms with Gasteiger partial charge in [-0.05, 0) is 37.1 Å². The van der Waals surface area contributed by atoms with E-state index in [2.05, 4.69) is 10.6 Å². The Morgan fingerprint density at radius 2 is 1.62 bits per heavy atom. The fourth-order valence-corrected chi connectivity index (χ4v) is 2.29. The van der Waals surface area contributed by atoms with Crippen LogP contribution >= 0.6 is 0 Å². The Morgan fingerprint density at radius 3 is 2.17 bits per heavy atom. The summed E-state index contributed by atoms with van der Waals surface area (Å²) < 4.78 is 22.2. The zero-order chi connectivity index (χ0) is 18.2. The van der Waals surface area contributed by atoms with Gasteiger partial charge < -0.3 is 15.7 Å². The van der Waals surface area contributed by atoms with Crippen molar-refractivity contribution in [3.05, 3.63) is 24.3 Å². The van der Waals surface area contributed by atoms with E-state index in [1.807, 2.05) is 0 Å². The van der Waals surface area contributed by atoms with Crippen LogP contribution < -0.4 is 15.8 Å². The van der Waals surface area contributed by atoms with Gasteiger partial charge in [0, 0.05) is 18.7 Å². The monoisotopic (exact) mass is 357 g/mol. The molecule has 0 saturated heterocycles. The van der Waals surface area contributed by atoms with E-state index < -0.39 is 27.8 Å². The summed E-state index contributed by atoms with van der Waals surface area (Å²) >= 11 is 0. The summed E-state index contributed by atoms with van der Waals surface area (Å²) in [6, 6.07) is 5.06. The number of nitrogens with one attached hydrogen (secondary N) is 2. The topological polar surface area (TPSA) is 156 Å². The van der Waals surface area contributed by atoms with Gasteiger partial charge in [-0.1, -0.05) is 6.42 Å². The molecule has 9 nitrogen and oxygen atoms in total. The molecule has 0 atom stereocenters. The van der Waals surface area contributed by atoms with Crippen LogP contribution in [-0.4, -0.2) is 37.9 Å². The van der Waals surface area contributed by atoms with Gasteiger partial charge >= 0.3 is 17.8 Å². The summed E-state index contributed by atoms with van der Waals surface area (Å²) in [5, 5.41) is 18.2. The van der Waals surface area contributed by atoms with Crippen LogP contribution in [0.5, 0.6) is 0 Å². The number of carboxylic acid groups (broad SMARTS) is 1. The molecule has 0 saturated carbocycles. The molecule has 1 aromatic carbocycles. The second kappa shape index (κ2) is 8.99. The van der Waals surface area contributed by atoms with Crippen molar-refractivity contribution < 1.29 is 27.9 Å². The molecule has 0 fully saturated rings. The van der Waals surface area contributed by atoms with E-state index >= 15 is 0 Å². The lowest BCUT2D eigenvalue weighted by Crippen LogP contribution is -2.35. The molecule has 5 N–H and O–H groups in total. The lowest BCUT2D eigenvalue weighted by molar-refractivity contribution is -0.137. The molecule has 10 heteroatoms. The molecule has 0 spiro atoms. The van der Waals surface area contributed by atoms with Crippen molar-refractivity contribution in [2.75, 3.05) is 11.9 Å². The fourth-order valence-electron chi connectivity index (χ4n) is 1.78. The van der Waals surface area contributed by atoms with Gasteiger partial charge in [0.25, 0.3) is 0 Å². The number of primary sulfonamides is 1. The summed E-state index contributed by atoms with van der Waals surface area (Å²) in [7, 11) is -3.82. The third-order valence-electron chi connectivity index (χ3n) is 3.00. The van der Waals surface area contributed by atoms with Crippen LogP contribution in [0.4, 0.5) is 5.69 Å². The zero-order valence-electron chi connectivity index (χ0n) is 12.8. The van der Waals surface area contributed by atoms with E-state index in [0.29, 0.717) is 19.3 Å². The molecule has 132 valence electrons. The second-order valence-corrected chi connectivity index (χ2v) is 6.55. The molecule has 0 bridgehead atoms. The van der Waals surface area contributed by atoms with E-state index in [4.69, 9.17) is 10.2 Å². The van der Waals surface area contributed by atoms with Crippen LogP contribution in [0, 0.1) is 0 Å². The molecule has 2 amide bonds. The van der Waals surface area contributed by atoms with Crippen LogP contribution in [-0.2, 0) is 24.4 Å². The molecule has 0 aromatic heterocycles. The number of amides is 2. The molecular formula is C14H19N3O6S. The van der Waals surface area contributed by atoms with E-state index in [9.17, 15) is 22.8 Å². The first kappa shape index (κ1) is 19.6. The molecule has 1 aromatic rings. The predicted octanol–water partition coefficient (Wildman–Crippen LogP) is 0.0337. The summed E-state index contributed by atoms with van der Waals surface area (Å²) in [5.41, 5.74) is 0.254. The SMILES string of the molecule is NS(=O)(=O)c1ccc(NC(=O)C(=O)NCCCCCC(=O)O)cc1. The molecule has 0 aliphatic heterocycles. The fraction of sp³-hybridized carbons (Fsp3) is 0.357. The standard InChI is InChI=1S/C14H19N3O6S/c15-24(22,23)11-7-5-10(6-8-11)17-14(21)13(20)16-9-3-1-2-4-12(18)19/h5-8H,1-4,9H2,(H,16,20)(H,17,21)(H,18,19)(H2,15,22,23). The number of carboxylic acids is 1. The van der Waals surface area contributed by atoms with Crippen molar-refractivity contribution in [3.63, 3.8) is 0 Å². The van der Waals surface area contributed by atoms with Crippen molar-refractivity contribution in [2.24, 2.45) is 5.14 Å². The van der Waals surface area contributed by atoms with Gasteiger partial charge in [-0.3, -0.25) is 14.4 Å². The van der Waals surface area contributed by atoms with Crippen molar-refractivity contribution in [1.82, 2.24) is 5.32 Å². The smallest absolute Gasteiger partial charge is 0.313 e. The van der Waals surface area contributed by atoms with Crippen molar-refractivity contribution >= 4 is 33.5 Å². The highest BCUT2D eigenvalue weighted by Gasteiger charge is 2.14. The number of hydrogen-bond donors (Lipinski definition) is 4. The van der Waals surface area contributed by atoms with Crippen LogP contribution in [0.2, 0.25) is 0 Å². The summed E-state index contributed by atoms with van der Waals surface area (Å²) in [6.45, 7) is 0.260. The number of rotatable bonds is 8. The van der Waals surface area contributed by atoms with Crippen molar-refractivity contribution in [2.45, 2.75) is 30.6 Å². The minimum absolute atomic E-state index is 0.0724. The number of nitrogens with two attached hydrogens (primary N) is 1. The van der Waals surface area contributed by atoms with Crippen LogP contribution in [0.1, 0.15) is 25.7 Å². The third kappa shape index (κ3) is 7.20. The highest BCUT2D eigenvalue weighted by Crippen LogP contribution is 2.12. The average Bonchev–Trinajstić information content (AvgIpc) is 2.49. The Balaban J connectivity index is 2.36. The lowest BCUT2D eigenvalue weighted by atomic mass is 10.2. The molecule has 0 aliphatic carbocycles. The molecule has 0 radical (unpaired) electrons. The van der Waals surface area contributed by atoms with Gasteiger partial charge in [0.15, 0.2) is 0 Å². The summed E-state index contributed by atoms with van der Waals surface area (Å²) in [4.78, 5) is 33.5. The summed E-state index contributed by atoms with van der Waals surface area (Å²) in [5.74, 6) is -2.58. The molecule has 1 rings (SSSR count). The highest BCUT2D eigenvalue weighted by molar-refractivity contribution is 7.89. The first-order valence-electron chi connectivity index (χ1n) is 7.14. The van der Waals surface area contributed by atoms with Crippen LogP contribution in [0.25, 0.3) is 0 Å². The van der Waals surface area contributed by atoms with Gasteiger partial charge in [-0.2, -0.15) is 0 Å². The van der Waals surface area contributed by atoms with Crippen molar-refractivity contribution in [1.29, 1.82) is 0 Å². The Kier molecular flexibility index (Phi) is 7.33. The van der Waals surface area contributed by atoms with Gasteiger partial charge in [-0.25, -0.2) is 13.6 Å². The zero-order valence-corrected chi connectivity index (χ0v) is 13.6. The van der Waals surface area contributed by atoms with Gasteiger partial charge in [0.05, 0.1) is 4.90 Å². The normalized spacial score (nSPS) is 10.9. The maximum atomic E-state index is 11.7. The minimum Gasteiger partial charge on any atom is -0.481 e. The Morgan fingerprint density at radius 1 is 1.00 bits per heavy atom. The number of aliphatic carboxylic acids is 1. The van der Waals surface area contributed by atoms with E-state index in [-0.39, 0.29) is 23.5 Å². The molecule has 0 unspecified atom stereocenters. The Hall–Kier alpha value is -2.46. The van der Waals surface area contributed by atoms with Gasteiger partial charge in [0.1, 0.15) is 0 Å². The average molecular weight is 357 g/mol. The highest BCUT2D eigenvalue weighted by atomic mass is 32.2. The second-order valence-electron chi connectivity index (χ2n) is 4.98. The first-order chi connectivity index (χ1) is 11.2. The number of hydrogen-bond acceptors (Lipinski definition) is 5. The van der Waals surface area contributed by atoms with E-state index in [0.717, 1.165) is 0 Å². The number of unbranched alkanes of at least 4 members (excludes halogenated alkanes) is 2. The number of carbonyl (C=O) groups excluding carboxylic acids is 2. The van der Waals surface area contributed by atoms with Gasteiger partial charge in [-0.15, -0.1) is 0 Å². The largest absolute Gasteiger partial charge is 0.481 e. The Labute approximate surface area is 139 Å². The van der Waals surface area contributed by atoms with Crippen molar-refractivity contribution in [3.8, 4) is 0 Å². The molecular weight excluding hydrogens is 338 g/mol. The van der Waals surface area contributed by atoms with Gasteiger partial charge in [0.2, 0.25) is 10.0 Å². The first-order valence-corrected chi connectivity index (χ1v) is 8.68. The number of anilines is 1. The molecule has 24 heavy (non-hydrogen) atoms. The quantitative estimate of drug-likeness (QED) is 0.380. The summed E-state index contributed by atoms with van der Waals surface area (Å²) in [6.07, 6.45) is 1.77. The van der Waals surface area contributed by atoms with E-state index in [1.165, 1.54) is 24.3 Å². The predicted molar refractivity (Wildman–Crippen MR) is 85.6 cm³/mol. The number of sulfonamides is 1. The maximum Gasteiger partial charge on any atom is 0.313 e. The molecule has 0 aliphatic rings. The van der Waals surface area contributed by atoms with Crippen LogP contribution in [0.15, 0.2) is 29.2 Å². The Bertz CT molecular complexity index is 700. The molecule has 0 heterocycles. The van der Waals surface area contributed by atoms with E-state index in [1.54, 1.807) is 0 Å². The van der Waals surface area contributed by atoms with Crippen LogP contribution in [0.3, 0.4) is 0 Å². The number of carbonyl (C=O) groups is 3. The number of benzene rings is 1. The third-order valence-corrected chi connectivity index (χ3v) is 3.93. The lowest BCUT2D eigenvalue weighted by Gasteiger charge is -2.07. The maximum absolute atomic E-state index is 11.7.